The number of nitrogens with zero attached hydrogens (tertiary/aromatic N) is 1. The van der Waals surface area contributed by atoms with Gasteiger partial charge in [0.2, 0.25) is 11.8 Å². The highest BCUT2D eigenvalue weighted by molar-refractivity contribution is 6.13. The Morgan fingerprint density at radius 1 is 1.03 bits per heavy atom. The Balaban J connectivity index is 1.35. The van der Waals surface area contributed by atoms with Gasteiger partial charge in [-0.05, 0) is 74.6 Å². The van der Waals surface area contributed by atoms with Crippen molar-refractivity contribution in [1.82, 2.24) is 4.90 Å². The number of nitrogens with one attached hydrogen (secondary N) is 1. The zero-order valence-corrected chi connectivity index (χ0v) is 17.4. The summed E-state index contributed by atoms with van der Waals surface area (Å²) in [5, 5.41) is 3.03. The van der Waals surface area contributed by atoms with Crippen LogP contribution in [-0.2, 0) is 16.0 Å². The van der Waals surface area contributed by atoms with Crippen LogP contribution in [0.3, 0.4) is 0 Å². The van der Waals surface area contributed by atoms with Crippen LogP contribution in [-0.4, -0.2) is 29.8 Å². The predicted molar refractivity (Wildman–Crippen MR) is 116 cm³/mol. The van der Waals surface area contributed by atoms with Gasteiger partial charge >= 0.3 is 0 Å². The third-order valence-corrected chi connectivity index (χ3v) is 6.50. The molecule has 2 aromatic carbocycles. The minimum atomic E-state index is -0.845. The van der Waals surface area contributed by atoms with Crippen molar-refractivity contribution < 1.29 is 9.59 Å². The maximum absolute atomic E-state index is 13.2. The topological polar surface area (TPSA) is 49.4 Å². The highest BCUT2D eigenvalue weighted by atomic mass is 16.2. The Bertz CT molecular complexity index is 894. The van der Waals surface area contributed by atoms with E-state index >= 15 is 0 Å². The third-order valence-electron chi connectivity index (χ3n) is 6.50. The van der Waals surface area contributed by atoms with Gasteiger partial charge in [0.25, 0.3) is 0 Å². The minimum absolute atomic E-state index is 0.0264. The first-order valence-corrected chi connectivity index (χ1v) is 10.7. The van der Waals surface area contributed by atoms with Crippen LogP contribution >= 0.6 is 0 Å². The van der Waals surface area contributed by atoms with Crippen molar-refractivity contribution in [2.45, 2.75) is 46.0 Å². The molecule has 0 unspecified atom stereocenters. The van der Waals surface area contributed by atoms with E-state index in [9.17, 15) is 9.59 Å². The first-order valence-electron chi connectivity index (χ1n) is 10.7. The molecule has 1 aliphatic heterocycles. The van der Waals surface area contributed by atoms with E-state index in [-0.39, 0.29) is 11.8 Å². The van der Waals surface area contributed by atoms with Crippen molar-refractivity contribution in [3.63, 3.8) is 0 Å². The molecule has 2 fully saturated rings. The van der Waals surface area contributed by atoms with E-state index in [2.05, 4.69) is 29.6 Å². The van der Waals surface area contributed by atoms with Crippen LogP contribution in [0.2, 0.25) is 0 Å². The smallest absolute Gasteiger partial charge is 0.240 e. The van der Waals surface area contributed by atoms with Crippen LogP contribution in [0, 0.1) is 25.2 Å². The number of hydrogen-bond donors (Lipinski definition) is 1. The maximum Gasteiger partial charge on any atom is 0.240 e. The standard InChI is InChI=1S/C25H30N2O2/c1-18-8-9-19(2)22(16-18)26-23(28)25(12-13-25)24(29)27-14-10-21(11-15-27)17-20-6-4-3-5-7-20/h3-9,16,21H,10-15,17H2,1-2H3,(H,26,28). The number of rotatable bonds is 5. The van der Waals surface area contributed by atoms with Gasteiger partial charge in [0, 0.05) is 18.8 Å². The molecule has 2 aromatic rings. The number of benzene rings is 2. The Hall–Kier alpha value is -2.62. The molecule has 0 spiro atoms. The summed E-state index contributed by atoms with van der Waals surface area (Å²) in [5.41, 5.74) is 3.46. The first kappa shape index (κ1) is 19.7. The summed E-state index contributed by atoms with van der Waals surface area (Å²) >= 11 is 0. The number of piperidine rings is 1. The number of anilines is 1. The normalized spacial score (nSPS) is 18.3. The van der Waals surface area contributed by atoms with Crippen LogP contribution < -0.4 is 5.32 Å². The molecule has 0 aromatic heterocycles. The van der Waals surface area contributed by atoms with Crippen molar-refractivity contribution in [2.24, 2.45) is 11.3 Å². The van der Waals surface area contributed by atoms with E-state index in [1.165, 1.54) is 5.56 Å². The molecule has 1 aliphatic carbocycles. The molecule has 0 radical (unpaired) electrons. The second kappa shape index (κ2) is 8.02. The summed E-state index contributed by atoms with van der Waals surface area (Å²) in [4.78, 5) is 28.1. The van der Waals surface area contributed by atoms with Gasteiger partial charge < -0.3 is 10.2 Å². The number of carbonyl (C=O) groups excluding carboxylic acids is 2. The zero-order chi connectivity index (χ0) is 20.4. The van der Waals surface area contributed by atoms with E-state index in [0.29, 0.717) is 18.8 Å². The molecular formula is C25H30N2O2. The second-order valence-electron chi connectivity index (χ2n) is 8.78. The SMILES string of the molecule is Cc1ccc(C)c(NC(=O)C2(C(=O)N3CCC(Cc4ccccc4)CC3)CC2)c1. The largest absolute Gasteiger partial charge is 0.342 e. The Kier molecular flexibility index (Phi) is 5.44. The van der Waals surface area contributed by atoms with Crippen LogP contribution in [0.4, 0.5) is 5.69 Å². The fourth-order valence-corrected chi connectivity index (χ4v) is 4.37. The number of hydrogen-bond acceptors (Lipinski definition) is 2. The quantitative estimate of drug-likeness (QED) is 0.764. The highest BCUT2D eigenvalue weighted by Gasteiger charge is 2.58. The van der Waals surface area contributed by atoms with Gasteiger partial charge in [-0.3, -0.25) is 9.59 Å². The third kappa shape index (κ3) is 4.21. The highest BCUT2D eigenvalue weighted by Crippen LogP contribution is 2.48. The van der Waals surface area contributed by atoms with Gasteiger partial charge in [-0.25, -0.2) is 0 Å². The van der Waals surface area contributed by atoms with Gasteiger partial charge in [0.1, 0.15) is 5.41 Å². The van der Waals surface area contributed by atoms with Crippen molar-refractivity contribution in [3.05, 3.63) is 65.2 Å². The summed E-state index contributed by atoms with van der Waals surface area (Å²) in [7, 11) is 0. The van der Waals surface area contributed by atoms with E-state index in [1.54, 1.807) is 0 Å². The molecule has 4 heteroatoms. The average molecular weight is 391 g/mol. The maximum atomic E-state index is 13.2. The van der Waals surface area contributed by atoms with Gasteiger partial charge in [-0.1, -0.05) is 42.5 Å². The van der Waals surface area contributed by atoms with Crippen LogP contribution in [0.15, 0.2) is 48.5 Å². The van der Waals surface area contributed by atoms with E-state index in [1.807, 2.05) is 43.0 Å². The molecule has 2 aliphatic rings. The monoisotopic (exact) mass is 390 g/mol. The van der Waals surface area contributed by atoms with Gasteiger partial charge in [0.05, 0.1) is 0 Å². The molecule has 0 bridgehead atoms. The van der Waals surface area contributed by atoms with Crippen LogP contribution in [0.25, 0.3) is 0 Å². The molecule has 1 heterocycles. The van der Waals surface area contributed by atoms with Gasteiger partial charge in [0.15, 0.2) is 0 Å². The van der Waals surface area contributed by atoms with Crippen molar-refractivity contribution in [1.29, 1.82) is 0 Å². The van der Waals surface area contributed by atoms with Gasteiger partial charge in [-0.2, -0.15) is 0 Å². The second-order valence-corrected chi connectivity index (χ2v) is 8.78. The Labute approximate surface area is 173 Å². The summed E-state index contributed by atoms with van der Waals surface area (Å²) < 4.78 is 0. The summed E-state index contributed by atoms with van der Waals surface area (Å²) in [6, 6.07) is 16.6. The Morgan fingerprint density at radius 3 is 2.38 bits per heavy atom. The zero-order valence-electron chi connectivity index (χ0n) is 17.4. The van der Waals surface area contributed by atoms with Crippen LogP contribution in [0.1, 0.15) is 42.4 Å². The predicted octanol–water partition coefficient (Wildman–Crippen LogP) is 4.50. The van der Waals surface area contributed by atoms with Crippen molar-refractivity contribution in [3.8, 4) is 0 Å². The molecule has 1 saturated carbocycles. The lowest BCUT2D eigenvalue weighted by molar-refractivity contribution is -0.143. The Morgan fingerprint density at radius 2 is 1.72 bits per heavy atom. The fourth-order valence-electron chi connectivity index (χ4n) is 4.37. The van der Waals surface area contributed by atoms with Crippen LogP contribution in [0.5, 0.6) is 0 Å². The summed E-state index contributed by atoms with van der Waals surface area (Å²) in [6.45, 7) is 5.50. The molecule has 4 rings (SSSR count). The average Bonchev–Trinajstić information content (AvgIpc) is 3.54. The number of amides is 2. The van der Waals surface area contributed by atoms with Gasteiger partial charge in [-0.15, -0.1) is 0 Å². The molecule has 0 atom stereocenters. The molecule has 4 nitrogen and oxygen atoms in total. The van der Waals surface area contributed by atoms with E-state index in [4.69, 9.17) is 0 Å². The lowest BCUT2D eigenvalue weighted by Gasteiger charge is -2.34. The molecule has 29 heavy (non-hydrogen) atoms. The van der Waals surface area contributed by atoms with Crippen molar-refractivity contribution >= 4 is 17.5 Å². The van der Waals surface area contributed by atoms with E-state index in [0.717, 1.165) is 49.2 Å². The molecule has 1 N–H and O–H groups in total. The fraction of sp³-hybridized carbons (Fsp3) is 0.440. The number of likely N-dealkylation sites (tertiary alicyclic amines) is 1. The summed E-state index contributed by atoms with van der Waals surface area (Å²) in [6.07, 6.45) is 4.41. The van der Waals surface area contributed by atoms with E-state index < -0.39 is 5.41 Å². The first-order chi connectivity index (χ1) is 14.0. The summed E-state index contributed by atoms with van der Waals surface area (Å²) in [5.74, 6) is 0.501. The number of carbonyl (C=O) groups is 2. The minimum Gasteiger partial charge on any atom is -0.342 e. The lowest BCUT2D eigenvalue weighted by Crippen LogP contribution is -2.46. The molecule has 1 saturated heterocycles. The molecule has 2 amide bonds. The lowest BCUT2D eigenvalue weighted by atomic mass is 9.89. The van der Waals surface area contributed by atoms with Crippen molar-refractivity contribution in [2.75, 3.05) is 18.4 Å². The number of aryl methyl sites for hydroxylation is 2. The molecule has 152 valence electrons. The molecular weight excluding hydrogens is 360 g/mol.